The molecule has 0 radical (unpaired) electrons. The second-order valence-electron chi connectivity index (χ2n) is 4.51. The summed E-state index contributed by atoms with van der Waals surface area (Å²) >= 11 is 1.41. The summed E-state index contributed by atoms with van der Waals surface area (Å²) in [6, 6.07) is 0.463. The number of aryl methyl sites for hydroxylation is 1. The van der Waals surface area contributed by atoms with E-state index in [2.05, 4.69) is 19.6 Å². The number of amides is 1. The van der Waals surface area contributed by atoms with Crippen LogP contribution in [0.3, 0.4) is 0 Å². The third-order valence-electron chi connectivity index (χ3n) is 2.96. The Balaban J connectivity index is 1.52. The van der Waals surface area contributed by atoms with Gasteiger partial charge in [0.2, 0.25) is 11.0 Å². The van der Waals surface area contributed by atoms with Gasteiger partial charge >= 0.3 is 0 Å². The summed E-state index contributed by atoms with van der Waals surface area (Å²) in [5, 5.41) is 3.97. The molecule has 16 heavy (non-hydrogen) atoms. The molecule has 1 aliphatic heterocycles. The molecule has 0 aromatic carbocycles. The summed E-state index contributed by atoms with van der Waals surface area (Å²) in [4.78, 5) is 18.1. The highest BCUT2D eigenvalue weighted by molar-refractivity contribution is 7.09. The molecule has 0 bridgehead atoms. The Hall–Kier alpha value is -1.17. The molecule has 1 N–H and O–H groups in total. The van der Waals surface area contributed by atoms with Crippen LogP contribution in [0.4, 0.5) is 5.13 Å². The highest BCUT2D eigenvalue weighted by Gasteiger charge is 2.36. The van der Waals surface area contributed by atoms with Gasteiger partial charge in [-0.05, 0) is 19.8 Å². The second kappa shape index (κ2) is 3.69. The first-order valence-corrected chi connectivity index (χ1v) is 6.35. The lowest BCUT2D eigenvalue weighted by atomic mass is 10.0. The van der Waals surface area contributed by atoms with Crippen LogP contribution >= 0.6 is 11.5 Å². The van der Waals surface area contributed by atoms with Crippen LogP contribution in [0.1, 0.15) is 18.7 Å². The fraction of sp³-hybridized carbons (Fsp3) is 0.700. The van der Waals surface area contributed by atoms with Gasteiger partial charge in [-0.25, -0.2) is 4.98 Å². The molecule has 1 aromatic rings. The van der Waals surface area contributed by atoms with Crippen LogP contribution in [0.2, 0.25) is 0 Å². The Morgan fingerprint density at radius 1 is 1.50 bits per heavy atom. The number of rotatable bonds is 3. The summed E-state index contributed by atoms with van der Waals surface area (Å²) in [7, 11) is 0. The quantitative estimate of drug-likeness (QED) is 0.836. The molecular formula is C10H14N4OS. The van der Waals surface area contributed by atoms with E-state index < -0.39 is 0 Å². The number of carbonyl (C=O) groups is 1. The van der Waals surface area contributed by atoms with E-state index in [-0.39, 0.29) is 11.8 Å². The van der Waals surface area contributed by atoms with E-state index in [0.717, 1.165) is 36.9 Å². The Morgan fingerprint density at radius 3 is 2.81 bits per heavy atom. The number of hydrogen-bond acceptors (Lipinski definition) is 5. The molecule has 0 spiro atoms. The standard InChI is InChI=1S/C10H14N4OS/c1-6-11-10(16-13-6)14-4-7(5-14)9(15)12-8-2-3-8/h7-8H,2-5H2,1H3,(H,12,15). The third kappa shape index (κ3) is 1.89. The van der Waals surface area contributed by atoms with Crippen LogP contribution in [0.25, 0.3) is 0 Å². The van der Waals surface area contributed by atoms with Crippen LogP contribution in [-0.4, -0.2) is 34.4 Å². The maximum Gasteiger partial charge on any atom is 0.226 e. The highest BCUT2D eigenvalue weighted by atomic mass is 32.1. The predicted octanol–water partition coefficient (Wildman–Crippen LogP) is 0.561. The number of carbonyl (C=O) groups excluding carboxylic acids is 1. The zero-order valence-corrected chi connectivity index (χ0v) is 9.96. The fourth-order valence-electron chi connectivity index (χ4n) is 1.76. The molecule has 5 nitrogen and oxygen atoms in total. The second-order valence-corrected chi connectivity index (χ2v) is 5.24. The van der Waals surface area contributed by atoms with E-state index in [1.54, 1.807) is 0 Å². The van der Waals surface area contributed by atoms with Crippen molar-refractivity contribution in [1.82, 2.24) is 14.7 Å². The van der Waals surface area contributed by atoms with Gasteiger partial charge in [0, 0.05) is 30.7 Å². The molecule has 0 unspecified atom stereocenters. The van der Waals surface area contributed by atoms with Crippen LogP contribution < -0.4 is 10.2 Å². The number of nitrogens with one attached hydrogen (secondary N) is 1. The lowest BCUT2D eigenvalue weighted by Gasteiger charge is -2.37. The van der Waals surface area contributed by atoms with Gasteiger partial charge < -0.3 is 10.2 Å². The molecule has 2 fully saturated rings. The SMILES string of the molecule is Cc1nsc(N2CC(C(=O)NC3CC3)C2)n1. The van der Waals surface area contributed by atoms with Gasteiger partial charge in [0.15, 0.2) is 0 Å². The van der Waals surface area contributed by atoms with E-state index in [1.807, 2.05) is 6.92 Å². The Bertz CT molecular complexity index is 409. The predicted molar refractivity (Wildman–Crippen MR) is 61.5 cm³/mol. The molecule has 1 amide bonds. The smallest absolute Gasteiger partial charge is 0.226 e. The number of nitrogens with zero attached hydrogens (tertiary/aromatic N) is 3. The minimum Gasteiger partial charge on any atom is -0.353 e. The fourth-order valence-corrected chi connectivity index (χ4v) is 2.45. The maximum atomic E-state index is 11.7. The van der Waals surface area contributed by atoms with E-state index in [9.17, 15) is 4.79 Å². The molecular weight excluding hydrogens is 224 g/mol. The summed E-state index contributed by atoms with van der Waals surface area (Å²) in [5.74, 6) is 1.16. The van der Waals surface area contributed by atoms with Gasteiger partial charge in [0.1, 0.15) is 5.82 Å². The lowest BCUT2D eigenvalue weighted by Crippen LogP contribution is -2.54. The van der Waals surface area contributed by atoms with Gasteiger partial charge in [-0.2, -0.15) is 4.37 Å². The highest BCUT2D eigenvalue weighted by Crippen LogP contribution is 2.27. The molecule has 86 valence electrons. The summed E-state index contributed by atoms with van der Waals surface area (Å²) in [6.45, 7) is 3.46. The van der Waals surface area contributed by atoms with Crippen molar-refractivity contribution in [3.63, 3.8) is 0 Å². The van der Waals surface area contributed by atoms with Crippen molar-refractivity contribution in [2.75, 3.05) is 18.0 Å². The van der Waals surface area contributed by atoms with E-state index in [4.69, 9.17) is 0 Å². The Labute approximate surface area is 98.0 Å². The average Bonchev–Trinajstić information content (AvgIpc) is 2.86. The first kappa shape index (κ1) is 10.0. The minimum absolute atomic E-state index is 0.143. The van der Waals surface area contributed by atoms with E-state index in [0.29, 0.717) is 6.04 Å². The zero-order valence-electron chi connectivity index (χ0n) is 9.14. The zero-order chi connectivity index (χ0) is 11.1. The molecule has 1 aromatic heterocycles. The molecule has 3 rings (SSSR count). The number of hydrogen-bond donors (Lipinski definition) is 1. The van der Waals surface area contributed by atoms with Gasteiger partial charge in [-0.15, -0.1) is 0 Å². The van der Waals surface area contributed by atoms with Gasteiger partial charge in [0.25, 0.3) is 0 Å². The maximum absolute atomic E-state index is 11.7. The normalized spacial score (nSPS) is 20.7. The van der Waals surface area contributed by atoms with Crippen molar-refractivity contribution in [2.24, 2.45) is 5.92 Å². The number of anilines is 1. The van der Waals surface area contributed by atoms with E-state index >= 15 is 0 Å². The molecule has 2 heterocycles. The van der Waals surface area contributed by atoms with Crippen LogP contribution in [0, 0.1) is 12.8 Å². The molecule has 1 saturated heterocycles. The summed E-state index contributed by atoms with van der Waals surface area (Å²) in [6.07, 6.45) is 2.30. The molecule has 1 aliphatic carbocycles. The molecule has 1 saturated carbocycles. The summed E-state index contributed by atoms with van der Waals surface area (Å²) < 4.78 is 4.14. The Kier molecular flexibility index (Phi) is 2.31. The molecule has 6 heteroatoms. The van der Waals surface area contributed by atoms with Crippen molar-refractivity contribution in [3.05, 3.63) is 5.82 Å². The van der Waals surface area contributed by atoms with Crippen molar-refractivity contribution in [3.8, 4) is 0 Å². The minimum atomic E-state index is 0.143. The van der Waals surface area contributed by atoms with Crippen LogP contribution in [-0.2, 0) is 4.79 Å². The molecule has 0 atom stereocenters. The largest absolute Gasteiger partial charge is 0.353 e. The summed E-state index contributed by atoms with van der Waals surface area (Å²) in [5.41, 5.74) is 0. The van der Waals surface area contributed by atoms with Crippen molar-refractivity contribution >= 4 is 22.6 Å². The lowest BCUT2D eigenvalue weighted by molar-refractivity contribution is -0.125. The average molecular weight is 238 g/mol. The Morgan fingerprint density at radius 2 is 2.25 bits per heavy atom. The van der Waals surface area contributed by atoms with Gasteiger partial charge in [-0.3, -0.25) is 4.79 Å². The van der Waals surface area contributed by atoms with Gasteiger partial charge in [-0.1, -0.05) is 0 Å². The van der Waals surface area contributed by atoms with Crippen molar-refractivity contribution < 1.29 is 4.79 Å². The molecule has 2 aliphatic rings. The third-order valence-corrected chi connectivity index (χ3v) is 3.83. The van der Waals surface area contributed by atoms with Crippen LogP contribution in [0.5, 0.6) is 0 Å². The van der Waals surface area contributed by atoms with E-state index in [1.165, 1.54) is 11.5 Å². The van der Waals surface area contributed by atoms with Gasteiger partial charge in [0.05, 0.1) is 5.92 Å². The van der Waals surface area contributed by atoms with Crippen molar-refractivity contribution in [1.29, 1.82) is 0 Å². The van der Waals surface area contributed by atoms with Crippen molar-refractivity contribution in [2.45, 2.75) is 25.8 Å². The monoisotopic (exact) mass is 238 g/mol. The first-order chi connectivity index (χ1) is 7.72. The van der Waals surface area contributed by atoms with Crippen LogP contribution in [0.15, 0.2) is 0 Å². The number of aromatic nitrogens is 2. The first-order valence-electron chi connectivity index (χ1n) is 5.58. The topological polar surface area (TPSA) is 58.1 Å².